The molecule has 0 spiro atoms. The van der Waals surface area contributed by atoms with Gasteiger partial charge >= 0.3 is 24.3 Å². The Bertz CT molecular complexity index is 1180. The molecule has 18 heteroatoms. The van der Waals surface area contributed by atoms with Crippen molar-refractivity contribution in [2.24, 2.45) is 0 Å². The van der Waals surface area contributed by atoms with Crippen LogP contribution in [0.25, 0.3) is 0 Å². The van der Waals surface area contributed by atoms with Crippen molar-refractivity contribution in [3.8, 4) is 0 Å². The highest BCUT2D eigenvalue weighted by molar-refractivity contribution is 7.90. The third kappa shape index (κ3) is 10.8. The molecule has 0 radical (unpaired) electrons. The number of pyridine rings is 1. The number of rotatable bonds is 7. The number of hydrogen-bond acceptors (Lipinski definition) is 7. The van der Waals surface area contributed by atoms with Gasteiger partial charge in [0.1, 0.15) is 0 Å². The van der Waals surface area contributed by atoms with Crippen molar-refractivity contribution in [3.63, 3.8) is 0 Å². The van der Waals surface area contributed by atoms with Crippen LogP contribution < -0.4 is 4.72 Å². The van der Waals surface area contributed by atoms with Crippen LogP contribution in [0, 0.1) is 0 Å². The van der Waals surface area contributed by atoms with Crippen molar-refractivity contribution >= 4 is 22.0 Å². The molecule has 1 unspecified atom stereocenters. The van der Waals surface area contributed by atoms with Crippen LogP contribution in [0.2, 0.25) is 0 Å². The molecule has 39 heavy (non-hydrogen) atoms. The summed E-state index contributed by atoms with van der Waals surface area (Å²) in [6.07, 6.45) is -4.21. The lowest BCUT2D eigenvalue weighted by atomic mass is 10.1. The van der Waals surface area contributed by atoms with E-state index in [1.807, 2.05) is 41.3 Å². The van der Waals surface area contributed by atoms with E-state index in [0.717, 1.165) is 50.3 Å². The van der Waals surface area contributed by atoms with Gasteiger partial charge in [0.05, 0.1) is 22.7 Å². The first kappa shape index (κ1) is 32.0. The van der Waals surface area contributed by atoms with Gasteiger partial charge in [-0.25, -0.2) is 22.7 Å². The summed E-state index contributed by atoms with van der Waals surface area (Å²) in [5, 5.41) is 18.5. The largest absolute Gasteiger partial charge is 0.490 e. The molecule has 3 heterocycles. The molecule has 2 aromatic heterocycles. The fourth-order valence-electron chi connectivity index (χ4n) is 3.38. The summed E-state index contributed by atoms with van der Waals surface area (Å²) in [6.45, 7) is 2.92. The molecule has 11 nitrogen and oxygen atoms in total. The summed E-state index contributed by atoms with van der Waals surface area (Å²) in [7, 11) is -3.12. The maximum absolute atomic E-state index is 12.0. The molecule has 1 aliphatic carbocycles. The number of nitrogens with one attached hydrogen (secondary N) is 1. The highest BCUT2D eigenvalue weighted by atomic mass is 32.2. The minimum absolute atomic E-state index is 0.167. The van der Waals surface area contributed by atoms with Crippen LogP contribution in [0.3, 0.4) is 0 Å². The second kappa shape index (κ2) is 13.2. The predicted molar refractivity (Wildman–Crippen MR) is 122 cm³/mol. The maximum Gasteiger partial charge on any atom is 0.490 e. The van der Waals surface area contributed by atoms with E-state index in [0.29, 0.717) is 6.54 Å². The average Bonchev–Trinajstić information content (AvgIpc) is 3.58. The second-order valence-electron chi connectivity index (χ2n) is 8.44. The summed E-state index contributed by atoms with van der Waals surface area (Å²) >= 11 is 0. The topological polar surface area (TPSA) is 155 Å². The van der Waals surface area contributed by atoms with Crippen LogP contribution >= 0.6 is 0 Å². The van der Waals surface area contributed by atoms with Gasteiger partial charge < -0.3 is 10.2 Å². The van der Waals surface area contributed by atoms with E-state index < -0.39 is 34.3 Å². The molecule has 0 bridgehead atoms. The number of hydrogen-bond donors (Lipinski definition) is 3. The number of aromatic nitrogens is 3. The van der Waals surface area contributed by atoms with Crippen LogP contribution in [-0.2, 0) is 32.7 Å². The first-order valence-corrected chi connectivity index (χ1v) is 12.8. The normalized spacial score (nSPS) is 17.6. The molecule has 2 aliphatic rings. The number of carbonyl (C=O) groups is 2. The number of alkyl halides is 6. The monoisotopic (exact) mass is 589 g/mol. The quantitative estimate of drug-likeness (QED) is 0.414. The molecule has 0 saturated heterocycles. The Morgan fingerprint density at radius 2 is 1.59 bits per heavy atom. The molecule has 1 fully saturated rings. The van der Waals surface area contributed by atoms with Crippen molar-refractivity contribution in [1.82, 2.24) is 24.4 Å². The molecular weight excluding hydrogens is 564 g/mol. The average molecular weight is 590 g/mol. The number of fused-ring (bicyclic) bond motifs is 1. The van der Waals surface area contributed by atoms with Gasteiger partial charge in [-0.1, -0.05) is 6.07 Å². The van der Waals surface area contributed by atoms with Gasteiger partial charge in [-0.3, -0.25) is 14.6 Å². The van der Waals surface area contributed by atoms with Gasteiger partial charge in [-0.05, 0) is 37.5 Å². The molecule has 3 N–H and O–H groups in total. The van der Waals surface area contributed by atoms with Crippen molar-refractivity contribution in [1.29, 1.82) is 0 Å². The molecule has 1 saturated carbocycles. The first-order chi connectivity index (χ1) is 18.0. The van der Waals surface area contributed by atoms with Gasteiger partial charge in [0.15, 0.2) is 0 Å². The van der Waals surface area contributed by atoms with E-state index in [9.17, 15) is 34.8 Å². The fourth-order valence-corrected chi connectivity index (χ4v) is 4.78. The Labute approximate surface area is 218 Å². The van der Waals surface area contributed by atoms with Crippen molar-refractivity contribution < 1.29 is 54.6 Å². The minimum atomic E-state index is -5.08. The summed E-state index contributed by atoms with van der Waals surface area (Å²) in [6, 6.07) is 8.16. The predicted octanol–water partition coefficient (Wildman–Crippen LogP) is 2.57. The zero-order valence-electron chi connectivity index (χ0n) is 20.1. The Balaban J connectivity index is 0.000000317. The third-order valence-electron chi connectivity index (χ3n) is 5.29. The Morgan fingerprint density at radius 3 is 2.08 bits per heavy atom. The Hall–Kier alpha value is -3.25. The molecule has 218 valence electrons. The summed E-state index contributed by atoms with van der Waals surface area (Å²) in [5.74, 6) is -5.51. The van der Waals surface area contributed by atoms with Gasteiger partial charge in [-0.2, -0.15) is 31.4 Å². The number of nitrogens with zero attached hydrogens (tertiary/aromatic N) is 4. The van der Waals surface area contributed by atoms with Crippen molar-refractivity contribution in [2.75, 3.05) is 13.1 Å². The third-order valence-corrected chi connectivity index (χ3v) is 7.25. The van der Waals surface area contributed by atoms with E-state index in [2.05, 4.69) is 19.7 Å². The molecule has 1 aliphatic heterocycles. The lowest BCUT2D eigenvalue weighted by Gasteiger charge is -2.33. The SMILES string of the molecule is O=C(O)C(F)(F)F.O=C(O)C(F)(F)F.O=S(=O)(NCCC1CN(Cc2ccccn2)Cc2ccnn21)C1CC1. The Morgan fingerprint density at radius 1 is 1.00 bits per heavy atom. The summed E-state index contributed by atoms with van der Waals surface area (Å²) < 4.78 is 92.2. The lowest BCUT2D eigenvalue weighted by Crippen LogP contribution is -2.39. The van der Waals surface area contributed by atoms with Crippen LogP contribution in [0.15, 0.2) is 36.7 Å². The maximum atomic E-state index is 12.0. The highest BCUT2D eigenvalue weighted by Crippen LogP contribution is 2.28. The van der Waals surface area contributed by atoms with E-state index in [1.54, 1.807) is 0 Å². The van der Waals surface area contributed by atoms with Crippen molar-refractivity contribution in [2.45, 2.75) is 56.0 Å². The van der Waals surface area contributed by atoms with Crippen LogP contribution in [0.5, 0.6) is 0 Å². The summed E-state index contributed by atoms with van der Waals surface area (Å²) in [5.41, 5.74) is 2.21. The Kier molecular flexibility index (Phi) is 10.8. The van der Waals surface area contributed by atoms with E-state index in [-0.39, 0.29) is 11.3 Å². The molecule has 4 rings (SSSR count). The number of aliphatic carboxylic acids is 2. The van der Waals surface area contributed by atoms with Gasteiger partial charge in [0, 0.05) is 38.6 Å². The van der Waals surface area contributed by atoms with Crippen LogP contribution in [0.1, 0.15) is 36.7 Å². The number of carboxylic acid groups (broad SMARTS) is 2. The highest BCUT2D eigenvalue weighted by Gasteiger charge is 2.39. The number of sulfonamides is 1. The van der Waals surface area contributed by atoms with E-state index in [1.165, 1.54) is 0 Å². The standard InChI is InChI=1S/C17H23N5O2S.2C2HF3O2/c23-25(24,17-4-5-17)20-10-7-16-13-21(11-14-3-1-2-8-18-14)12-15-6-9-19-22(15)16;2*3-2(4,5)1(6)7/h1-3,6,8-9,16-17,20H,4-5,7,10-13H2;2*(H,6,7). The zero-order chi connectivity index (χ0) is 29.4. The van der Waals surface area contributed by atoms with Crippen molar-refractivity contribution in [3.05, 3.63) is 48.0 Å². The summed E-state index contributed by atoms with van der Waals surface area (Å²) in [4.78, 5) is 24.5. The molecule has 0 amide bonds. The number of carboxylic acids is 2. The molecule has 1 atom stereocenters. The smallest absolute Gasteiger partial charge is 0.475 e. The lowest BCUT2D eigenvalue weighted by molar-refractivity contribution is -0.193. The first-order valence-electron chi connectivity index (χ1n) is 11.2. The molecule has 2 aromatic rings. The van der Waals surface area contributed by atoms with Gasteiger partial charge in [-0.15, -0.1) is 0 Å². The van der Waals surface area contributed by atoms with Gasteiger partial charge in [0.2, 0.25) is 10.0 Å². The zero-order valence-corrected chi connectivity index (χ0v) is 20.9. The number of halogens is 6. The van der Waals surface area contributed by atoms with Crippen LogP contribution in [0.4, 0.5) is 26.3 Å². The van der Waals surface area contributed by atoms with Gasteiger partial charge in [0.25, 0.3) is 0 Å². The molecule has 0 aromatic carbocycles. The molecular formula is C21H25F6N5O6S. The van der Waals surface area contributed by atoms with E-state index >= 15 is 0 Å². The fraction of sp³-hybridized carbons (Fsp3) is 0.524. The second-order valence-corrected chi connectivity index (χ2v) is 10.5. The van der Waals surface area contributed by atoms with E-state index in [4.69, 9.17) is 19.8 Å². The minimum Gasteiger partial charge on any atom is -0.475 e. The van der Waals surface area contributed by atoms with Crippen LogP contribution in [-0.4, -0.2) is 80.9 Å².